The van der Waals surface area contributed by atoms with Crippen LogP contribution in [0.1, 0.15) is 23.9 Å². The number of pyridine rings is 2. The normalized spacial score (nSPS) is 10.5. The molecule has 0 saturated heterocycles. The topological polar surface area (TPSA) is 29.0 Å². The Labute approximate surface area is 119 Å². The van der Waals surface area contributed by atoms with Crippen molar-refractivity contribution >= 4 is 17.4 Å². The quantitative estimate of drug-likeness (QED) is 0.783. The number of hydrogen-bond acceptors (Lipinski definition) is 3. The fraction of sp³-hybridized carbons (Fsp3) is 0.333. The lowest BCUT2D eigenvalue weighted by atomic mass is 10.2. The summed E-state index contributed by atoms with van der Waals surface area (Å²) in [5.74, 6) is 1.46. The molecule has 0 bridgehead atoms. The van der Waals surface area contributed by atoms with Gasteiger partial charge in [-0.15, -0.1) is 11.6 Å². The Hall–Kier alpha value is -1.61. The van der Waals surface area contributed by atoms with Gasteiger partial charge in [0.2, 0.25) is 0 Å². The summed E-state index contributed by atoms with van der Waals surface area (Å²) in [4.78, 5) is 11.1. The number of halogens is 1. The minimum Gasteiger partial charge on any atom is -0.354 e. The molecule has 0 N–H and O–H groups in total. The molecular weight excluding hydrogens is 258 g/mol. The van der Waals surface area contributed by atoms with Gasteiger partial charge >= 0.3 is 0 Å². The number of nitrogens with zero attached hydrogens (tertiary/aromatic N) is 3. The molecule has 0 aromatic carbocycles. The molecule has 0 aliphatic carbocycles. The van der Waals surface area contributed by atoms with Crippen molar-refractivity contribution in [2.75, 3.05) is 11.9 Å². The lowest BCUT2D eigenvalue weighted by Gasteiger charge is -2.19. The van der Waals surface area contributed by atoms with Crippen molar-refractivity contribution in [2.24, 2.45) is 0 Å². The van der Waals surface area contributed by atoms with Gasteiger partial charge in [-0.1, -0.05) is 13.0 Å². The van der Waals surface area contributed by atoms with Crippen molar-refractivity contribution in [3.63, 3.8) is 0 Å². The van der Waals surface area contributed by atoms with Crippen molar-refractivity contribution in [2.45, 2.75) is 25.8 Å². The zero-order chi connectivity index (χ0) is 13.7. The molecule has 2 heterocycles. The van der Waals surface area contributed by atoms with Gasteiger partial charge in [0.05, 0.1) is 12.2 Å². The molecule has 0 radical (unpaired) electrons. The van der Waals surface area contributed by atoms with E-state index in [4.69, 9.17) is 11.6 Å². The summed E-state index contributed by atoms with van der Waals surface area (Å²) in [6.45, 7) is 2.84. The molecule has 0 aliphatic rings. The fourth-order valence-corrected chi connectivity index (χ4v) is 2.06. The lowest BCUT2D eigenvalue weighted by molar-refractivity contribution is 0.853. The van der Waals surface area contributed by atoms with Gasteiger partial charge in [-0.3, -0.25) is 4.98 Å². The van der Waals surface area contributed by atoms with Gasteiger partial charge in [-0.25, -0.2) is 4.98 Å². The summed E-state index contributed by atoms with van der Waals surface area (Å²) >= 11 is 5.93. The van der Waals surface area contributed by atoms with Crippen LogP contribution < -0.4 is 4.90 Å². The summed E-state index contributed by atoms with van der Waals surface area (Å²) in [6.07, 6.45) is 2.72. The van der Waals surface area contributed by atoms with Crippen LogP contribution in [-0.2, 0) is 18.8 Å². The van der Waals surface area contributed by atoms with E-state index in [9.17, 15) is 0 Å². The molecule has 2 rings (SSSR count). The van der Waals surface area contributed by atoms with E-state index in [1.165, 1.54) is 0 Å². The Bertz CT molecular complexity index is 506. The fourth-order valence-electron chi connectivity index (χ4n) is 1.90. The molecule has 19 heavy (non-hydrogen) atoms. The predicted molar refractivity (Wildman–Crippen MR) is 79.5 cm³/mol. The molecule has 100 valence electrons. The van der Waals surface area contributed by atoms with E-state index in [0.717, 1.165) is 35.7 Å². The highest BCUT2D eigenvalue weighted by Crippen LogP contribution is 2.17. The molecule has 0 fully saturated rings. The molecule has 2 aromatic rings. The molecule has 0 amide bonds. The molecule has 0 atom stereocenters. The summed E-state index contributed by atoms with van der Waals surface area (Å²) < 4.78 is 0. The first-order valence-electron chi connectivity index (χ1n) is 6.39. The Balaban J connectivity index is 2.20. The van der Waals surface area contributed by atoms with Crippen LogP contribution in [0.15, 0.2) is 36.5 Å². The van der Waals surface area contributed by atoms with Gasteiger partial charge < -0.3 is 4.90 Å². The third-order valence-electron chi connectivity index (χ3n) is 2.96. The number of anilines is 1. The van der Waals surface area contributed by atoms with E-state index < -0.39 is 0 Å². The third-order valence-corrected chi connectivity index (χ3v) is 3.27. The smallest absolute Gasteiger partial charge is 0.129 e. The van der Waals surface area contributed by atoms with Crippen LogP contribution in [0.5, 0.6) is 0 Å². The summed E-state index contributed by atoms with van der Waals surface area (Å²) in [6, 6.07) is 10.0. The van der Waals surface area contributed by atoms with Gasteiger partial charge in [-0.05, 0) is 36.2 Å². The molecular formula is C15H18ClN3. The first-order chi connectivity index (χ1) is 9.22. The van der Waals surface area contributed by atoms with Gasteiger partial charge in [0.1, 0.15) is 5.82 Å². The lowest BCUT2D eigenvalue weighted by Crippen LogP contribution is -2.19. The maximum atomic E-state index is 5.93. The highest BCUT2D eigenvalue weighted by molar-refractivity contribution is 6.17. The number of alkyl halides is 1. The van der Waals surface area contributed by atoms with Crippen LogP contribution >= 0.6 is 11.6 Å². The summed E-state index contributed by atoms with van der Waals surface area (Å²) in [7, 11) is 2.02. The Morgan fingerprint density at radius 1 is 1.21 bits per heavy atom. The number of hydrogen-bond donors (Lipinski definition) is 0. The third kappa shape index (κ3) is 3.67. The minimum atomic E-state index is 0.514. The zero-order valence-corrected chi connectivity index (χ0v) is 12.1. The van der Waals surface area contributed by atoms with Crippen molar-refractivity contribution in [3.05, 3.63) is 53.5 Å². The monoisotopic (exact) mass is 275 g/mol. The maximum Gasteiger partial charge on any atom is 0.129 e. The van der Waals surface area contributed by atoms with Crippen molar-refractivity contribution in [1.29, 1.82) is 0 Å². The number of aryl methyl sites for hydroxylation is 1. The molecule has 4 heteroatoms. The van der Waals surface area contributed by atoms with Crippen molar-refractivity contribution < 1.29 is 0 Å². The first-order valence-corrected chi connectivity index (χ1v) is 6.93. The van der Waals surface area contributed by atoms with Crippen molar-refractivity contribution in [3.8, 4) is 0 Å². The van der Waals surface area contributed by atoms with E-state index in [2.05, 4.69) is 27.9 Å². The molecule has 0 saturated carbocycles. The first kappa shape index (κ1) is 13.8. The standard InChI is InChI=1S/C15H18ClN3/c1-3-13-8-12(10-16)9-15(18-13)19(2)11-14-6-4-5-7-17-14/h4-9H,3,10-11H2,1-2H3. The summed E-state index contributed by atoms with van der Waals surface area (Å²) in [5, 5.41) is 0. The second-order valence-corrected chi connectivity index (χ2v) is 4.76. The second-order valence-electron chi connectivity index (χ2n) is 4.49. The predicted octanol–water partition coefficient (Wildman–Crippen LogP) is 3.41. The molecule has 3 nitrogen and oxygen atoms in total. The van der Waals surface area contributed by atoms with E-state index in [-0.39, 0.29) is 0 Å². The van der Waals surface area contributed by atoms with E-state index >= 15 is 0 Å². The molecule has 2 aromatic heterocycles. The van der Waals surface area contributed by atoms with Gasteiger partial charge in [0.25, 0.3) is 0 Å². The van der Waals surface area contributed by atoms with Crippen LogP contribution in [-0.4, -0.2) is 17.0 Å². The highest BCUT2D eigenvalue weighted by atomic mass is 35.5. The number of rotatable bonds is 5. The molecule has 0 aliphatic heterocycles. The maximum absolute atomic E-state index is 5.93. The minimum absolute atomic E-state index is 0.514. The highest BCUT2D eigenvalue weighted by Gasteiger charge is 2.07. The van der Waals surface area contributed by atoms with Crippen LogP contribution in [0.3, 0.4) is 0 Å². The van der Waals surface area contributed by atoms with Crippen molar-refractivity contribution in [1.82, 2.24) is 9.97 Å². The number of aromatic nitrogens is 2. The van der Waals surface area contributed by atoms with Crippen LogP contribution in [0.25, 0.3) is 0 Å². The van der Waals surface area contributed by atoms with Gasteiger partial charge in [0, 0.05) is 24.8 Å². The van der Waals surface area contributed by atoms with Crippen LogP contribution in [0.4, 0.5) is 5.82 Å². The molecule has 0 spiro atoms. The largest absolute Gasteiger partial charge is 0.354 e. The Morgan fingerprint density at radius 3 is 2.68 bits per heavy atom. The average Bonchev–Trinajstić information content (AvgIpc) is 2.47. The van der Waals surface area contributed by atoms with Gasteiger partial charge in [0.15, 0.2) is 0 Å². The Kier molecular flexibility index (Phi) is 4.74. The summed E-state index contributed by atoms with van der Waals surface area (Å²) in [5.41, 5.74) is 3.21. The molecule has 0 unspecified atom stereocenters. The SMILES string of the molecule is CCc1cc(CCl)cc(N(C)Cc2ccccn2)n1. The van der Waals surface area contributed by atoms with Crippen LogP contribution in [0, 0.1) is 0 Å². The zero-order valence-electron chi connectivity index (χ0n) is 11.3. The van der Waals surface area contributed by atoms with Crippen LogP contribution in [0.2, 0.25) is 0 Å². The van der Waals surface area contributed by atoms with Gasteiger partial charge in [-0.2, -0.15) is 0 Å². The van der Waals surface area contributed by atoms with E-state index in [0.29, 0.717) is 5.88 Å². The Morgan fingerprint density at radius 2 is 2.05 bits per heavy atom. The average molecular weight is 276 g/mol. The second kappa shape index (κ2) is 6.53. The van der Waals surface area contributed by atoms with E-state index in [1.54, 1.807) is 0 Å². The van der Waals surface area contributed by atoms with E-state index in [1.807, 2.05) is 37.5 Å².